The van der Waals surface area contributed by atoms with Crippen molar-refractivity contribution in [3.63, 3.8) is 0 Å². The normalized spacial score (nSPS) is 10.3. The lowest BCUT2D eigenvalue weighted by atomic mass is 10.1. The van der Waals surface area contributed by atoms with Gasteiger partial charge in [-0.15, -0.1) is 11.6 Å². The summed E-state index contributed by atoms with van der Waals surface area (Å²) in [4.78, 5) is 0. The minimum atomic E-state index is 0.435. The van der Waals surface area contributed by atoms with Crippen LogP contribution in [0.2, 0.25) is 0 Å². The maximum Gasteiger partial charge on any atom is 0.127 e. The van der Waals surface area contributed by atoms with Crippen LogP contribution in [0.4, 0.5) is 0 Å². The molecule has 0 unspecified atom stereocenters. The van der Waals surface area contributed by atoms with Crippen molar-refractivity contribution in [2.75, 3.05) is 12.5 Å². The Hall–Kier alpha value is -1.47. The Morgan fingerprint density at radius 1 is 1.12 bits per heavy atom. The largest absolute Gasteiger partial charge is 0.489 e. The zero-order chi connectivity index (χ0) is 11.4. The van der Waals surface area contributed by atoms with Crippen LogP contribution in [0.5, 0.6) is 5.75 Å². The lowest BCUT2D eigenvalue weighted by Crippen LogP contribution is -2.01. The second-order valence-corrected chi connectivity index (χ2v) is 3.92. The highest BCUT2D eigenvalue weighted by Crippen LogP contribution is 2.25. The Labute approximate surface area is 100 Å². The third kappa shape index (κ3) is 2.37. The predicted molar refractivity (Wildman–Crippen MR) is 69.3 cm³/mol. The van der Waals surface area contributed by atoms with Crippen molar-refractivity contribution in [2.24, 2.45) is 0 Å². The van der Waals surface area contributed by atoms with Crippen molar-refractivity contribution in [3.05, 3.63) is 54.6 Å². The van der Waals surface area contributed by atoms with E-state index in [0.717, 1.165) is 16.7 Å². The van der Waals surface area contributed by atoms with Gasteiger partial charge in [0.05, 0.1) is 0 Å². The van der Waals surface area contributed by atoms with Gasteiger partial charge in [-0.2, -0.15) is 0 Å². The fourth-order valence-corrected chi connectivity index (χ4v) is 1.62. The van der Waals surface area contributed by atoms with Crippen LogP contribution in [0.25, 0.3) is 10.8 Å². The van der Waals surface area contributed by atoms with Crippen LogP contribution < -0.4 is 4.74 Å². The van der Waals surface area contributed by atoms with E-state index in [4.69, 9.17) is 16.3 Å². The zero-order valence-electron chi connectivity index (χ0n) is 8.95. The highest BCUT2D eigenvalue weighted by molar-refractivity contribution is 6.19. The Balaban J connectivity index is 2.27. The van der Waals surface area contributed by atoms with Crippen LogP contribution in [0.3, 0.4) is 0 Å². The molecular formula is C14H13ClO. The van der Waals surface area contributed by atoms with Crippen molar-refractivity contribution in [1.29, 1.82) is 0 Å². The van der Waals surface area contributed by atoms with Crippen LogP contribution in [-0.4, -0.2) is 12.5 Å². The van der Waals surface area contributed by atoms with Gasteiger partial charge >= 0.3 is 0 Å². The summed E-state index contributed by atoms with van der Waals surface area (Å²) >= 11 is 5.66. The Bertz CT molecular complexity index is 500. The summed E-state index contributed by atoms with van der Waals surface area (Å²) in [5.41, 5.74) is 0.884. The number of hydrogen-bond donors (Lipinski definition) is 0. The zero-order valence-corrected chi connectivity index (χ0v) is 9.70. The van der Waals surface area contributed by atoms with Gasteiger partial charge in [-0.1, -0.05) is 43.0 Å². The van der Waals surface area contributed by atoms with E-state index in [1.807, 2.05) is 30.3 Å². The van der Waals surface area contributed by atoms with E-state index in [1.165, 1.54) is 5.39 Å². The number of halogens is 1. The molecule has 0 radical (unpaired) electrons. The SMILES string of the molecule is C=C(CCl)COc1cccc2ccccc12. The van der Waals surface area contributed by atoms with Crippen molar-refractivity contribution < 1.29 is 4.74 Å². The van der Waals surface area contributed by atoms with Gasteiger partial charge in [0.15, 0.2) is 0 Å². The monoisotopic (exact) mass is 232 g/mol. The van der Waals surface area contributed by atoms with Gasteiger partial charge in [-0.3, -0.25) is 0 Å². The van der Waals surface area contributed by atoms with Crippen LogP contribution in [-0.2, 0) is 0 Å². The Morgan fingerprint density at radius 2 is 1.88 bits per heavy atom. The van der Waals surface area contributed by atoms with Gasteiger partial charge in [-0.25, -0.2) is 0 Å². The highest BCUT2D eigenvalue weighted by atomic mass is 35.5. The summed E-state index contributed by atoms with van der Waals surface area (Å²) in [6.07, 6.45) is 0. The van der Waals surface area contributed by atoms with Crippen molar-refractivity contribution in [3.8, 4) is 5.75 Å². The minimum Gasteiger partial charge on any atom is -0.489 e. The predicted octanol–water partition coefficient (Wildman–Crippen LogP) is 4.01. The van der Waals surface area contributed by atoms with Gasteiger partial charge in [0.2, 0.25) is 0 Å². The van der Waals surface area contributed by atoms with E-state index in [0.29, 0.717) is 12.5 Å². The number of benzene rings is 2. The second-order valence-electron chi connectivity index (χ2n) is 3.65. The third-order valence-corrected chi connectivity index (χ3v) is 2.75. The first-order chi connectivity index (χ1) is 7.81. The number of ether oxygens (including phenoxy) is 1. The smallest absolute Gasteiger partial charge is 0.127 e. The van der Waals surface area contributed by atoms with Crippen LogP contribution in [0, 0.1) is 0 Å². The Morgan fingerprint density at radius 3 is 2.69 bits per heavy atom. The third-order valence-electron chi connectivity index (χ3n) is 2.37. The maximum absolute atomic E-state index is 5.69. The van der Waals surface area contributed by atoms with Crippen molar-refractivity contribution in [1.82, 2.24) is 0 Å². The summed E-state index contributed by atoms with van der Waals surface area (Å²) in [7, 11) is 0. The van der Waals surface area contributed by atoms with Crippen LogP contribution >= 0.6 is 11.6 Å². The van der Waals surface area contributed by atoms with E-state index < -0.39 is 0 Å². The van der Waals surface area contributed by atoms with E-state index in [-0.39, 0.29) is 0 Å². The number of rotatable bonds is 4. The molecule has 16 heavy (non-hydrogen) atoms. The van der Waals surface area contributed by atoms with E-state index in [2.05, 4.69) is 18.7 Å². The fourth-order valence-electron chi connectivity index (χ4n) is 1.54. The maximum atomic E-state index is 5.69. The first kappa shape index (κ1) is 11.0. The molecule has 82 valence electrons. The summed E-state index contributed by atoms with van der Waals surface area (Å²) in [6, 6.07) is 14.2. The molecule has 0 spiro atoms. The molecule has 0 aliphatic rings. The van der Waals surface area contributed by atoms with Gasteiger partial charge in [0.1, 0.15) is 12.4 Å². The standard InChI is InChI=1S/C14H13ClO/c1-11(9-15)10-16-14-8-4-6-12-5-2-3-7-13(12)14/h2-8H,1,9-10H2. The molecule has 2 rings (SSSR count). The van der Waals surface area contributed by atoms with Gasteiger partial charge < -0.3 is 4.74 Å². The van der Waals surface area contributed by atoms with E-state index in [9.17, 15) is 0 Å². The molecule has 0 N–H and O–H groups in total. The molecule has 1 nitrogen and oxygen atoms in total. The van der Waals surface area contributed by atoms with Crippen LogP contribution in [0.1, 0.15) is 0 Å². The quantitative estimate of drug-likeness (QED) is 0.572. The summed E-state index contributed by atoms with van der Waals surface area (Å²) < 4.78 is 5.69. The van der Waals surface area contributed by atoms with E-state index in [1.54, 1.807) is 0 Å². The highest BCUT2D eigenvalue weighted by Gasteiger charge is 2.01. The topological polar surface area (TPSA) is 9.23 Å². The minimum absolute atomic E-state index is 0.435. The molecule has 2 aromatic rings. The summed E-state index contributed by atoms with van der Waals surface area (Å²) in [6.45, 7) is 4.28. The fraction of sp³-hybridized carbons (Fsp3) is 0.143. The molecule has 0 saturated carbocycles. The molecule has 0 fully saturated rings. The van der Waals surface area contributed by atoms with Crippen molar-refractivity contribution in [2.45, 2.75) is 0 Å². The molecule has 2 aromatic carbocycles. The molecule has 0 aliphatic heterocycles. The van der Waals surface area contributed by atoms with Crippen LogP contribution in [0.15, 0.2) is 54.6 Å². The van der Waals surface area contributed by atoms with Gasteiger partial charge in [0.25, 0.3) is 0 Å². The average Bonchev–Trinajstić information content (AvgIpc) is 2.35. The molecule has 0 bridgehead atoms. The molecule has 0 atom stereocenters. The van der Waals surface area contributed by atoms with Gasteiger partial charge in [0, 0.05) is 11.3 Å². The van der Waals surface area contributed by atoms with Gasteiger partial charge in [-0.05, 0) is 17.0 Å². The molecule has 0 amide bonds. The number of alkyl halides is 1. The molecular weight excluding hydrogens is 220 g/mol. The molecule has 2 heteroatoms. The lowest BCUT2D eigenvalue weighted by Gasteiger charge is -2.09. The van der Waals surface area contributed by atoms with E-state index >= 15 is 0 Å². The molecule has 0 heterocycles. The first-order valence-electron chi connectivity index (χ1n) is 5.14. The van der Waals surface area contributed by atoms with Crippen molar-refractivity contribution >= 4 is 22.4 Å². The second kappa shape index (κ2) is 5.04. The summed E-state index contributed by atoms with van der Waals surface area (Å²) in [5.74, 6) is 1.31. The Kier molecular flexibility index (Phi) is 3.47. The molecule has 0 saturated heterocycles. The summed E-state index contributed by atoms with van der Waals surface area (Å²) in [5, 5.41) is 2.30. The lowest BCUT2D eigenvalue weighted by molar-refractivity contribution is 0.357. The number of hydrogen-bond acceptors (Lipinski definition) is 1. The molecule has 0 aliphatic carbocycles. The first-order valence-corrected chi connectivity index (χ1v) is 5.68. The number of fused-ring (bicyclic) bond motifs is 1. The molecule has 0 aromatic heterocycles. The average molecular weight is 233 g/mol.